The summed E-state index contributed by atoms with van der Waals surface area (Å²) in [4.78, 5) is 12.2. The van der Waals surface area contributed by atoms with E-state index in [0.29, 0.717) is 24.1 Å². The molecule has 2 aliphatic rings. The van der Waals surface area contributed by atoms with Gasteiger partial charge in [0.2, 0.25) is 5.91 Å². The van der Waals surface area contributed by atoms with E-state index in [-0.39, 0.29) is 41.2 Å². The largest absolute Gasteiger partial charge is 0.489 e. The van der Waals surface area contributed by atoms with Gasteiger partial charge in [-0.25, -0.2) is 12.8 Å². The lowest BCUT2D eigenvalue weighted by Crippen LogP contribution is -2.37. The minimum absolute atomic E-state index is 0.0184. The lowest BCUT2D eigenvalue weighted by Gasteiger charge is -2.17. The standard InChI is InChI=1S/C22H31FN2O4S/c23-14-17(15-24)16-29-19-6-8-20(9-7-19)30(27,28)13-3-1-2-10-22(11-12-22)25-21(26)18-4-5-18/h6-9,14,18H,1-5,10-13,15-16,24H2,(H,25,26)/b17-14+. The maximum absolute atomic E-state index is 12.5. The average Bonchev–Trinajstić information content (AvgIpc) is 3.64. The Bertz CT molecular complexity index is 860. The summed E-state index contributed by atoms with van der Waals surface area (Å²) in [5.74, 6) is 0.982. The molecule has 6 nitrogen and oxygen atoms in total. The summed E-state index contributed by atoms with van der Waals surface area (Å²) in [6, 6.07) is 6.16. The Labute approximate surface area is 178 Å². The fourth-order valence-corrected chi connectivity index (χ4v) is 4.77. The molecule has 0 aromatic heterocycles. The van der Waals surface area contributed by atoms with Crippen LogP contribution in [0.5, 0.6) is 5.75 Å². The van der Waals surface area contributed by atoms with Crippen LogP contribution in [0.2, 0.25) is 0 Å². The minimum Gasteiger partial charge on any atom is -0.489 e. The van der Waals surface area contributed by atoms with Gasteiger partial charge in [-0.2, -0.15) is 0 Å². The average molecular weight is 439 g/mol. The molecule has 166 valence electrons. The predicted molar refractivity (Wildman–Crippen MR) is 114 cm³/mol. The maximum Gasteiger partial charge on any atom is 0.223 e. The van der Waals surface area contributed by atoms with Gasteiger partial charge in [0.25, 0.3) is 0 Å². The molecule has 0 radical (unpaired) electrons. The molecule has 8 heteroatoms. The fourth-order valence-electron chi connectivity index (χ4n) is 3.40. The van der Waals surface area contributed by atoms with Gasteiger partial charge in [-0.3, -0.25) is 4.79 Å². The fraction of sp³-hybridized carbons (Fsp3) is 0.591. The van der Waals surface area contributed by atoms with Gasteiger partial charge in [0.1, 0.15) is 12.4 Å². The van der Waals surface area contributed by atoms with Crippen LogP contribution in [0, 0.1) is 5.92 Å². The number of hydrogen-bond acceptors (Lipinski definition) is 5. The van der Waals surface area contributed by atoms with Crippen molar-refractivity contribution >= 4 is 15.7 Å². The molecule has 1 aromatic rings. The highest BCUT2D eigenvalue weighted by atomic mass is 32.2. The molecule has 3 N–H and O–H groups in total. The van der Waals surface area contributed by atoms with Crippen molar-refractivity contribution in [1.82, 2.24) is 5.32 Å². The van der Waals surface area contributed by atoms with Gasteiger partial charge < -0.3 is 15.8 Å². The Balaban J connectivity index is 1.38. The van der Waals surface area contributed by atoms with Gasteiger partial charge in [-0.05, 0) is 62.8 Å². The van der Waals surface area contributed by atoms with Gasteiger partial charge in [0.05, 0.1) is 17.0 Å². The van der Waals surface area contributed by atoms with Gasteiger partial charge in [-0.15, -0.1) is 0 Å². The van der Waals surface area contributed by atoms with Crippen LogP contribution in [0.15, 0.2) is 41.1 Å². The van der Waals surface area contributed by atoms with Crippen LogP contribution >= 0.6 is 0 Å². The second-order valence-electron chi connectivity index (χ2n) is 8.40. The number of unbranched alkanes of at least 4 members (excludes halogenated alkanes) is 2. The number of rotatable bonds is 13. The van der Waals surface area contributed by atoms with Gasteiger partial charge in [0.15, 0.2) is 9.84 Å². The first-order chi connectivity index (χ1) is 14.4. The predicted octanol–water partition coefficient (Wildman–Crippen LogP) is 3.27. The summed E-state index contributed by atoms with van der Waals surface area (Å²) >= 11 is 0. The Hall–Kier alpha value is -1.93. The van der Waals surface area contributed by atoms with Crippen molar-refractivity contribution in [2.75, 3.05) is 18.9 Å². The molecule has 0 bridgehead atoms. The van der Waals surface area contributed by atoms with E-state index in [4.69, 9.17) is 10.5 Å². The topological polar surface area (TPSA) is 98.5 Å². The molecule has 2 aliphatic carbocycles. The Morgan fingerprint density at radius 3 is 2.47 bits per heavy atom. The van der Waals surface area contributed by atoms with E-state index in [1.165, 1.54) is 12.1 Å². The Morgan fingerprint density at radius 2 is 1.90 bits per heavy atom. The number of hydrogen-bond donors (Lipinski definition) is 2. The van der Waals surface area contributed by atoms with Crippen LogP contribution < -0.4 is 15.8 Å². The third kappa shape index (κ3) is 6.54. The SMILES string of the molecule is NC/C(=C\F)COc1ccc(S(=O)(=O)CCCCCC2(NC(=O)C3CC3)CC2)cc1. The lowest BCUT2D eigenvalue weighted by atomic mass is 10.1. The molecule has 30 heavy (non-hydrogen) atoms. The van der Waals surface area contributed by atoms with Crippen molar-refractivity contribution in [3.8, 4) is 5.75 Å². The normalized spacial score (nSPS) is 18.1. The van der Waals surface area contributed by atoms with Gasteiger partial charge in [0, 0.05) is 23.6 Å². The first-order valence-corrected chi connectivity index (χ1v) is 12.3. The van der Waals surface area contributed by atoms with Crippen LogP contribution in [0.25, 0.3) is 0 Å². The number of sulfone groups is 1. The molecular formula is C22H31FN2O4S. The number of halogens is 1. The molecule has 0 atom stereocenters. The maximum atomic E-state index is 12.5. The molecule has 0 heterocycles. The van der Waals surface area contributed by atoms with Crippen molar-refractivity contribution in [2.24, 2.45) is 11.7 Å². The lowest BCUT2D eigenvalue weighted by molar-refractivity contribution is -0.123. The van der Waals surface area contributed by atoms with Crippen LogP contribution in [0.4, 0.5) is 4.39 Å². The molecule has 2 fully saturated rings. The number of nitrogens with one attached hydrogen (secondary N) is 1. The van der Waals surface area contributed by atoms with E-state index in [1.807, 2.05) is 0 Å². The summed E-state index contributed by atoms with van der Waals surface area (Å²) in [6.45, 7) is 0.0959. The first kappa shape index (κ1) is 22.7. The highest BCUT2D eigenvalue weighted by Gasteiger charge is 2.45. The Morgan fingerprint density at radius 1 is 1.20 bits per heavy atom. The zero-order valence-corrected chi connectivity index (χ0v) is 18.1. The van der Waals surface area contributed by atoms with Gasteiger partial charge >= 0.3 is 0 Å². The third-order valence-corrected chi connectivity index (χ3v) is 7.60. The van der Waals surface area contributed by atoms with E-state index in [0.717, 1.165) is 44.9 Å². The first-order valence-electron chi connectivity index (χ1n) is 10.6. The summed E-state index contributed by atoms with van der Waals surface area (Å²) in [6.07, 6.45) is 7.76. The van der Waals surface area contributed by atoms with Crippen LogP contribution in [-0.4, -0.2) is 38.8 Å². The zero-order valence-electron chi connectivity index (χ0n) is 17.2. The number of ether oxygens (including phenoxy) is 1. The molecule has 0 saturated heterocycles. The van der Waals surface area contributed by atoms with Crippen molar-refractivity contribution in [3.63, 3.8) is 0 Å². The third-order valence-electron chi connectivity index (χ3n) is 5.78. The highest BCUT2D eigenvalue weighted by molar-refractivity contribution is 7.91. The molecule has 1 aromatic carbocycles. The molecule has 0 unspecified atom stereocenters. The zero-order chi connectivity index (χ0) is 21.6. The number of carbonyl (C=O) groups excluding carboxylic acids is 1. The number of carbonyl (C=O) groups is 1. The summed E-state index contributed by atoms with van der Waals surface area (Å²) in [7, 11) is -3.36. The smallest absolute Gasteiger partial charge is 0.223 e. The van der Waals surface area contributed by atoms with E-state index >= 15 is 0 Å². The van der Waals surface area contributed by atoms with Crippen LogP contribution in [0.3, 0.4) is 0 Å². The van der Waals surface area contributed by atoms with E-state index in [2.05, 4.69) is 5.32 Å². The van der Waals surface area contributed by atoms with E-state index in [9.17, 15) is 17.6 Å². The second kappa shape index (κ2) is 9.92. The number of nitrogens with two attached hydrogens (primary N) is 1. The van der Waals surface area contributed by atoms with Crippen molar-refractivity contribution in [3.05, 3.63) is 36.2 Å². The number of amides is 1. The molecular weight excluding hydrogens is 407 g/mol. The van der Waals surface area contributed by atoms with E-state index < -0.39 is 9.84 Å². The summed E-state index contributed by atoms with van der Waals surface area (Å²) < 4.78 is 43.0. The van der Waals surface area contributed by atoms with Crippen LogP contribution in [0.1, 0.15) is 51.4 Å². The summed E-state index contributed by atoms with van der Waals surface area (Å²) in [5.41, 5.74) is 5.68. The molecule has 0 aliphatic heterocycles. The minimum atomic E-state index is -3.36. The molecule has 3 rings (SSSR count). The Kier molecular flexibility index (Phi) is 7.52. The van der Waals surface area contributed by atoms with Crippen molar-refractivity contribution < 1.29 is 22.3 Å². The molecule has 2 saturated carbocycles. The molecule has 1 amide bonds. The molecule has 0 spiro atoms. The quantitative estimate of drug-likeness (QED) is 0.461. The van der Waals surface area contributed by atoms with Crippen molar-refractivity contribution in [1.29, 1.82) is 0 Å². The summed E-state index contributed by atoms with van der Waals surface area (Å²) in [5, 5.41) is 3.19. The second-order valence-corrected chi connectivity index (χ2v) is 10.5. The van der Waals surface area contributed by atoms with Gasteiger partial charge in [-0.1, -0.05) is 12.8 Å². The van der Waals surface area contributed by atoms with Crippen LogP contribution in [-0.2, 0) is 14.6 Å². The van der Waals surface area contributed by atoms with E-state index in [1.54, 1.807) is 12.1 Å². The monoisotopic (exact) mass is 438 g/mol. The highest BCUT2D eigenvalue weighted by Crippen LogP contribution is 2.42. The van der Waals surface area contributed by atoms with Crippen molar-refractivity contribution in [2.45, 2.75) is 61.8 Å². The number of benzene rings is 1.